The molecular weight excluding hydrogens is 238 g/mol. The van der Waals surface area contributed by atoms with Crippen molar-refractivity contribution in [3.8, 4) is 0 Å². The van der Waals surface area contributed by atoms with E-state index >= 15 is 0 Å². The van der Waals surface area contributed by atoms with E-state index in [1.54, 1.807) is 18.3 Å². The lowest BCUT2D eigenvalue weighted by Gasteiger charge is -2.41. The van der Waals surface area contributed by atoms with E-state index in [2.05, 4.69) is 18.8 Å². The summed E-state index contributed by atoms with van der Waals surface area (Å²) in [4.78, 5) is 2.74. The van der Waals surface area contributed by atoms with Crippen LogP contribution < -0.4 is 5.73 Å². The van der Waals surface area contributed by atoms with E-state index in [9.17, 15) is 8.42 Å². The molecule has 1 aliphatic rings. The van der Waals surface area contributed by atoms with Crippen LogP contribution in [-0.4, -0.2) is 36.8 Å². The molecule has 2 rings (SSSR count). The number of nitrogens with zero attached hydrogens (tertiary/aromatic N) is 1. The maximum absolute atomic E-state index is 12.2. The molecule has 2 heterocycles. The van der Waals surface area contributed by atoms with Gasteiger partial charge in [0.15, 0.2) is 0 Å². The number of aromatic amines is 1. The second kappa shape index (κ2) is 4.12. The lowest BCUT2D eigenvalue weighted by atomic mass is 9.79. The van der Waals surface area contributed by atoms with Gasteiger partial charge in [-0.1, -0.05) is 13.8 Å². The Bertz CT molecular complexity index is 479. The zero-order chi connectivity index (χ0) is 12.7. The second-order valence-electron chi connectivity index (χ2n) is 5.24. The fraction of sp³-hybridized carbons (Fsp3) is 0.636. The van der Waals surface area contributed by atoms with Crippen LogP contribution in [0.25, 0.3) is 0 Å². The average Bonchev–Trinajstić information content (AvgIpc) is 2.75. The summed E-state index contributed by atoms with van der Waals surface area (Å²) in [5, 5.41) is 0.240. The van der Waals surface area contributed by atoms with Gasteiger partial charge in [-0.15, -0.1) is 0 Å². The normalized spacial score (nSPS) is 25.9. The van der Waals surface area contributed by atoms with Crippen LogP contribution in [0.5, 0.6) is 0 Å². The predicted octanol–water partition coefficient (Wildman–Crippen LogP) is 0.763. The van der Waals surface area contributed by atoms with Gasteiger partial charge in [-0.25, -0.2) is 8.42 Å². The summed E-state index contributed by atoms with van der Waals surface area (Å²) in [6, 6.07) is 3.13. The highest BCUT2D eigenvalue weighted by atomic mass is 32.2. The number of nitrogens with two attached hydrogens (primary N) is 1. The Morgan fingerprint density at radius 2 is 2.24 bits per heavy atom. The van der Waals surface area contributed by atoms with Crippen LogP contribution in [0, 0.1) is 5.41 Å². The quantitative estimate of drug-likeness (QED) is 0.821. The highest BCUT2D eigenvalue weighted by Crippen LogP contribution is 2.31. The Morgan fingerprint density at radius 1 is 1.53 bits per heavy atom. The standard InChI is InChI=1S/C11H19N3O2S/c1-11(2)5-7-14(8-9(11)12)17(15,16)10-4-3-6-13-10/h3-4,6,9,13H,5,7-8,12H2,1-2H3. The molecule has 0 aromatic carbocycles. The Morgan fingerprint density at radius 3 is 2.76 bits per heavy atom. The second-order valence-corrected chi connectivity index (χ2v) is 7.15. The molecule has 1 atom stereocenters. The maximum atomic E-state index is 12.2. The van der Waals surface area contributed by atoms with E-state index in [0.717, 1.165) is 6.42 Å². The van der Waals surface area contributed by atoms with Gasteiger partial charge >= 0.3 is 0 Å². The first-order valence-electron chi connectivity index (χ1n) is 5.73. The maximum Gasteiger partial charge on any atom is 0.258 e. The number of aromatic nitrogens is 1. The average molecular weight is 257 g/mol. The van der Waals surface area contributed by atoms with Crippen molar-refractivity contribution in [3.63, 3.8) is 0 Å². The number of H-pyrrole nitrogens is 1. The minimum atomic E-state index is -3.40. The number of sulfonamides is 1. The van der Waals surface area contributed by atoms with E-state index in [4.69, 9.17) is 5.73 Å². The fourth-order valence-electron chi connectivity index (χ4n) is 1.99. The topological polar surface area (TPSA) is 79.2 Å². The molecule has 17 heavy (non-hydrogen) atoms. The molecule has 1 saturated heterocycles. The van der Waals surface area contributed by atoms with E-state index in [1.165, 1.54) is 4.31 Å². The largest absolute Gasteiger partial charge is 0.351 e. The Hall–Kier alpha value is -0.850. The zero-order valence-electron chi connectivity index (χ0n) is 10.2. The molecule has 6 heteroatoms. The summed E-state index contributed by atoms with van der Waals surface area (Å²) in [5.41, 5.74) is 6.04. The van der Waals surface area contributed by atoms with E-state index in [-0.39, 0.29) is 16.5 Å². The molecule has 0 radical (unpaired) electrons. The van der Waals surface area contributed by atoms with Gasteiger partial charge in [-0.3, -0.25) is 0 Å². The molecule has 1 aliphatic heterocycles. The van der Waals surface area contributed by atoms with Gasteiger partial charge in [0.1, 0.15) is 5.03 Å². The van der Waals surface area contributed by atoms with Crippen molar-refractivity contribution in [2.75, 3.05) is 13.1 Å². The van der Waals surface area contributed by atoms with E-state index in [0.29, 0.717) is 13.1 Å². The Labute approximate surface area is 102 Å². The molecule has 3 N–H and O–H groups in total. The third kappa shape index (κ3) is 2.25. The molecule has 1 aromatic rings. The first kappa shape index (κ1) is 12.6. The molecular formula is C11H19N3O2S. The van der Waals surface area contributed by atoms with Gasteiger partial charge < -0.3 is 10.7 Å². The van der Waals surface area contributed by atoms with Gasteiger partial charge in [0.2, 0.25) is 0 Å². The van der Waals surface area contributed by atoms with Crippen LogP contribution in [0.2, 0.25) is 0 Å². The van der Waals surface area contributed by atoms with Crippen LogP contribution >= 0.6 is 0 Å². The lowest BCUT2D eigenvalue weighted by molar-refractivity contribution is 0.161. The Balaban J connectivity index is 2.21. The van der Waals surface area contributed by atoms with Gasteiger partial charge in [-0.2, -0.15) is 4.31 Å². The van der Waals surface area contributed by atoms with Crippen LogP contribution in [-0.2, 0) is 10.0 Å². The minimum absolute atomic E-state index is 0.00174. The number of piperidine rings is 1. The Kier molecular flexibility index (Phi) is 3.05. The highest BCUT2D eigenvalue weighted by Gasteiger charge is 2.38. The predicted molar refractivity (Wildman–Crippen MR) is 65.9 cm³/mol. The molecule has 1 fully saturated rings. The van der Waals surface area contributed by atoms with Crippen molar-refractivity contribution < 1.29 is 8.42 Å². The molecule has 0 saturated carbocycles. The highest BCUT2D eigenvalue weighted by molar-refractivity contribution is 7.89. The van der Waals surface area contributed by atoms with Gasteiger partial charge in [0.05, 0.1) is 0 Å². The summed E-state index contributed by atoms with van der Waals surface area (Å²) in [5.74, 6) is 0. The summed E-state index contributed by atoms with van der Waals surface area (Å²) in [6.45, 7) is 5.07. The molecule has 5 nitrogen and oxygen atoms in total. The third-order valence-electron chi connectivity index (χ3n) is 3.60. The van der Waals surface area contributed by atoms with Crippen molar-refractivity contribution in [3.05, 3.63) is 18.3 Å². The first-order chi connectivity index (χ1) is 7.84. The fourth-order valence-corrected chi connectivity index (χ4v) is 3.42. The molecule has 0 bridgehead atoms. The molecule has 1 aromatic heterocycles. The molecule has 0 aliphatic carbocycles. The molecule has 0 amide bonds. The lowest BCUT2D eigenvalue weighted by Crippen LogP contribution is -2.54. The van der Waals surface area contributed by atoms with Gasteiger partial charge in [0.25, 0.3) is 10.0 Å². The minimum Gasteiger partial charge on any atom is -0.351 e. The summed E-state index contributed by atoms with van der Waals surface area (Å²) in [7, 11) is -3.40. The van der Waals surface area contributed by atoms with Crippen LogP contribution in [0.15, 0.2) is 23.4 Å². The summed E-state index contributed by atoms with van der Waals surface area (Å²) < 4.78 is 26.0. The molecule has 0 spiro atoms. The van der Waals surface area contributed by atoms with Crippen LogP contribution in [0.1, 0.15) is 20.3 Å². The van der Waals surface area contributed by atoms with Gasteiger partial charge in [-0.05, 0) is 24.0 Å². The van der Waals surface area contributed by atoms with Crippen molar-refractivity contribution in [1.29, 1.82) is 0 Å². The zero-order valence-corrected chi connectivity index (χ0v) is 11.0. The summed E-state index contributed by atoms with van der Waals surface area (Å²) >= 11 is 0. The van der Waals surface area contributed by atoms with E-state index in [1.807, 2.05) is 0 Å². The molecule has 1 unspecified atom stereocenters. The monoisotopic (exact) mass is 257 g/mol. The molecule has 96 valence electrons. The van der Waals surface area contributed by atoms with Crippen molar-refractivity contribution in [2.24, 2.45) is 11.1 Å². The summed E-state index contributed by atoms with van der Waals surface area (Å²) in [6.07, 6.45) is 2.40. The number of rotatable bonds is 2. The third-order valence-corrected chi connectivity index (χ3v) is 5.42. The van der Waals surface area contributed by atoms with Crippen molar-refractivity contribution >= 4 is 10.0 Å². The number of hydrogen-bond acceptors (Lipinski definition) is 3. The van der Waals surface area contributed by atoms with Crippen LogP contribution in [0.4, 0.5) is 0 Å². The van der Waals surface area contributed by atoms with Crippen molar-refractivity contribution in [2.45, 2.75) is 31.3 Å². The number of hydrogen-bond donors (Lipinski definition) is 2. The van der Waals surface area contributed by atoms with Crippen LogP contribution in [0.3, 0.4) is 0 Å². The number of nitrogens with one attached hydrogen (secondary N) is 1. The van der Waals surface area contributed by atoms with Crippen molar-refractivity contribution in [1.82, 2.24) is 9.29 Å². The SMILES string of the molecule is CC1(C)CCN(S(=O)(=O)c2ccc[nH]2)CC1N. The smallest absolute Gasteiger partial charge is 0.258 e. The van der Waals surface area contributed by atoms with E-state index < -0.39 is 10.0 Å². The first-order valence-corrected chi connectivity index (χ1v) is 7.17. The van der Waals surface area contributed by atoms with Gasteiger partial charge in [0, 0.05) is 25.3 Å².